The van der Waals surface area contributed by atoms with Gasteiger partial charge in [-0.2, -0.15) is 0 Å². The van der Waals surface area contributed by atoms with Gasteiger partial charge in [0.2, 0.25) is 0 Å². The third-order valence-corrected chi connectivity index (χ3v) is 6.75. The van der Waals surface area contributed by atoms with Crippen LogP contribution in [0.15, 0.2) is 65.5 Å². The molecule has 7 heteroatoms. The molecule has 0 aliphatic carbocycles. The van der Waals surface area contributed by atoms with Crippen LogP contribution in [0.25, 0.3) is 43.2 Å². The van der Waals surface area contributed by atoms with Gasteiger partial charge >= 0.3 is 0 Å². The SMILES string of the molecule is O=c1[nH]c2sc(Cl)c(-c3ccc4c(Cl)cccc4c3O)c2c(O)c1-c1ccccc1. The molecule has 0 fully saturated rings. The van der Waals surface area contributed by atoms with Gasteiger partial charge in [0.25, 0.3) is 5.56 Å². The molecule has 0 saturated carbocycles. The van der Waals surface area contributed by atoms with Gasteiger partial charge in [-0.15, -0.1) is 11.3 Å². The van der Waals surface area contributed by atoms with E-state index in [9.17, 15) is 15.0 Å². The maximum atomic E-state index is 12.7. The number of rotatable bonds is 2. The number of hydrogen-bond acceptors (Lipinski definition) is 4. The lowest BCUT2D eigenvalue weighted by Crippen LogP contribution is -2.08. The van der Waals surface area contributed by atoms with Crippen molar-refractivity contribution in [1.82, 2.24) is 4.98 Å². The molecule has 0 aliphatic rings. The van der Waals surface area contributed by atoms with Crippen molar-refractivity contribution in [1.29, 1.82) is 0 Å². The van der Waals surface area contributed by atoms with Crippen LogP contribution in [0.1, 0.15) is 0 Å². The second-order valence-electron chi connectivity index (χ2n) is 6.80. The Kier molecular flexibility index (Phi) is 4.47. The molecule has 0 bridgehead atoms. The van der Waals surface area contributed by atoms with Gasteiger partial charge in [0, 0.05) is 26.9 Å². The molecule has 0 unspecified atom stereocenters. The summed E-state index contributed by atoms with van der Waals surface area (Å²) in [4.78, 5) is 15.9. The number of aromatic amines is 1. The number of fused-ring (bicyclic) bond motifs is 2. The van der Waals surface area contributed by atoms with Crippen molar-refractivity contribution < 1.29 is 10.2 Å². The predicted molar refractivity (Wildman–Crippen MR) is 124 cm³/mol. The maximum Gasteiger partial charge on any atom is 0.260 e. The molecule has 2 aromatic heterocycles. The van der Waals surface area contributed by atoms with Gasteiger partial charge in [-0.25, -0.2) is 0 Å². The number of phenolic OH excluding ortho intramolecular Hbond substituents is 1. The number of aromatic nitrogens is 1. The first-order valence-electron chi connectivity index (χ1n) is 9.00. The molecule has 148 valence electrons. The predicted octanol–water partition coefficient (Wildman–Crippen LogP) is 6.79. The summed E-state index contributed by atoms with van der Waals surface area (Å²) in [5.41, 5.74) is 1.23. The van der Waals surface area contributed by atoms with Gasteiger partial charge in [-0.1, -0.05) is 71.7 Å². The smallest absolute Gasteiger partial charge is 0.260 e. The van der Waals surface area contributed by atoms with E-state index < -0.39 is 5.56 Å². The standard InChI is InChI=1S/C23H13Cl2NO3S/c24-15-8-4-7-13-12(15)9-10-14(19(13)27)17-18-20(28)16(11-5-2-1-3-6-11)22(29)26-23(18)30-21(17)25/h1-10,27H,(H2,26,28,29). The first-order chi connectivity index (χ1) is 14.5. The minimum absolute atomic E-state index is 0.00320. The molecule has 0 atom stereocenters. The van der Waals surface area contributed by atoms with Crippen LogP contribution in [0.5, 0.6) is 11.5 Å². The zero-order valence-corrected chi connectivity index (χ0v) is 17.6. The van der Waals surface area contributed by atoms with Crippen molar-refractivity contribution in [3.8, 4) is 33.8 Å². The van der Waals surface area contributed by atoms with Crippen molar-refractivity contribution >= 4 is 55.5 Å². The van der Waals surface area contributed by atoms with Crippen LogP contribution < -0.4 is 5.56 Å². The van der Waals surface area contributed by atoms with E-state index in [1.165, 1.54) is 0 Å². The van der Waals surface area contributed by atoms with Gasteiger partial charge in [0.15, 0.2) is 0 Å². The van der Waals surface area contributed by atoms with Crippen molar-refractivity contribution in [2.75, 3.05) is 0 Å². The van der Waals surface area contributed by atoms with Crippen LogP contribution >= 0.6 is 34.5 Å². The van der Waals surface area contributed by atoms with E-state index >= 15 is 0 Å². The Balaban J connectivity index is 1.87. The van der Waals surface area contributed by atoms with Crippen molar-refractivity contribution in [3.05, 3.63) is 80.4 Å². The zero-order valence-electron chi connectivity index (χ0n) is 15.2. The Morgan fingerprint density at radius 3 is 2.33 bits per heavy atom. The number of halogens is 2. The number of phenols is 1. The summed E-state index contributed by atoms with van der Waals surface area (Å²) in [6, 6.07) is 17.7. The number of aromatic hydroxyl groups is 2. The number of hydrogen-bond donors (Lipinski definition) is 3. The van der Waals surface area contributed by atoms with Crippen LogP contribution in [0.2, 0.25) is 9.36 Å². The zero-order chi connectivity index (χ0) is 21.0. The van der Waals surface area contributed by atoms with Gasteiger partial charge < -0.3 is 15.2 Å². The number of nitrogens with one attached hydrogen (secondary N) is 1. The number of H-pyrrole nitrogens is 1. The van der Waals surface area contributed by atoms with Gasteiger partial charge in [-0.05, 0) is 17.7 Å². The van der Waals surface area contributed by atoms with E-state index in [-0.39, 0.29) is 17.1 Å². The minimum atomic E-state index is -0.412. The van der Waals surface area contributed by atoms with Gasteiger partial charge in [0.05, 0.1) is 10.9 Å². The average molecular weight is 454 g/mol. The van der Waals surface area contributed by atoms with Crippen molar-refractivity contribution in [2.24, 2.45) is 0 Å². The fourth-order valence-corrected chi connectivity index (χ4v) is 5.34. The molecule has 30 heavy (non-hydrogen) atoms. The summed E-state index contributed by atoms with van der Waals surface area (Å²) in [7, 11) is 0. The first-order valence-corrected chi connectivity index (χ1v) is 10.6. The Morgan fingerprint density at radius 2 is 1.57 bits per heavy atom. The van der Waals surface area contributed by atoms with E-state index in [4.69, 9.17) is 23.2 Å². The lowest BCUT2D eigenvalue weighted by Gasteiger charge is -2.11. The summed E-state index contributed by atoms with van der Waals surface area (Å²) in [6.07, 6.45) is 0. The fraction of sp³-hybridized carbons (Fsp3) is 0. The number of thiophene rings is 1. The highest BCUT2D eigenvalue weighted by Gasteiger charge is 2.24. The van der Waals surface area contributed by atoms with Crippen LogP contribution in [0, 0.1) is 0 Å². The van der Waals surface area contributed by atoms with E-state index in [1.807, 2.05) is 6.07 Å². The molecule has 5 aromatic rings. The Morgan fingerprint density at radius 1 is 0.800 bits per heavy atom. The largest absolute Gasteiger partial charge is 0.507 e. The first kappa shape index (κ1) is 19.0. The molecular formula is C23H13Cl2NO3S. The Labute approximate surface area is 184 Å². The quantitative estimate of drug-likeness (QED) is 0.275. The summed E-state index contributed by atoms with van der Waals surface area (Å²) in [6.45, 7) is 0. The van der Waals surface area contributed by atoms with Crippen molar-refractivity contribution in [2.45, 2.75) is 0 Å². The second kappa shape index (κ2) is 7.06. The molecule has 3 aromatic carbocycles. The van der Waals surface area contributed by atoms with Crippen LogP contribution in [-0.2, 0) is 0 Å². The second-order valence-corrected chi connectivity index (χ2v) is 8.83. The van der Waals surface area contributed by atoms with Crippen LogP contribution in [-0.4, -0.2) is 15.2 Å². The van der Waals surface area contributed by atoms with Gasteiger partial charge in [-0.3, -0.25) is 4.79 Å². The minimum Gasteiger partial charge on any atom is -0.507 e. The number of pyridine rings is 1. The third kappa shape index (κ3) is 2.78. The summed E-state index contributed by atoms with van der Waals surface area (Å²) < 4.78 is 0.345. The molecule has 0 aliphatic heterocycles. The van der Waals surface area contributed by atoms with E-state index in [0.717, 1.165) is 11.3 Å². The van der Waals surface area contributed by atoms with E-state index in [2.05, 4.69) is 4.98 Å². The van der Waals surface area contributed by atoms with E-state index in [1.54, 1.807) is 54.6 Å². The lowest BCUT2D eigenvalue weighted by molar-refractivity contribution is 0.482. The van der Waals surface area contributed by atoms with Crippen LogP contribution in [0.3, 0.4) is 0 Å². The fourth-order valence-electron chi connectivity index (χ4n) is 3.73. The van der Waals surface area contributed by atoms with E-state index in [0.29, 0.717) is 47.0 Å². The number of benzene rings is 3. The maximum absolute atomic E-state index is 12.7. The summed E-state index contributed by atoms with van der Waals surface area (Å²) in [5, 5.41) is 24.3. The highest BCUT2D eigenvalue weighted by Crippen LogP contribution is 2.50. The molecule has 3 N–H and O–H groups in total. The molecular weight excluding hydrogens is 441 g/mol. The summed E-state index contributed by atoms with van der Waals surface area (Å²) >= 11 is 13.9. The Bertz CT molecular complexity index is 1510. The normalized spacial score (nSPS) is 11.4. The molecule has 0 radical (unpaired) electrons. The average Bonchev–Trinajstić information content (AvgIpc) is 3.05. The molecule has 2 heterocycles. The van der Waals surface area contributed by atoms with Crippen LogP contribution in [0.4, 0.5) is 0 Å². The van der Waals surface area contributed by atoms with Crippen molar-refractivity contribution in [3.63, 3.8) is 0 Å². The van der Waals surface area contributed by atoms with Gasteiger partial charge in [0.1, 0.15) is 20.7 Å². The molecule has 4 nitrogen and oxygen atoms in total. The monoisotopic (exact) mass is 453 g/mol. The molecule has 0 amide bonds. The topological polar surface area (TPSA) is 73.3 Å². The highest BCUT2D eigenvalue weighted by atomic mass is 35.5. The Hall–Kier alpha value is -2.99. The third-order valence-electron chi connectivity index (χ3n) is 5.10. The molecule has 0 spiro atoms. The molecule has 0 saturated heterocycles. The highest BCUT2D eigenvalue weighted by molar-refractivity contribution is 7.23. The molecule has 5 rings (SSSR count). The lowest BCUT2D eigenvalue weighted by atomic mass is 9.97. The summed E-state index contributed by atoms with van der Waals surface area (Å²) in [5.74, 6) is -0.174.